The smallest absolute Gasteiger partial charge is 0.221 e. The van der Waals surface area contributed by atoms with Gasteiger partial charge < -0.3 is 14.8 Å². The molecule has 3 aromatic rings. The lowest BCUT2D eigenvalue weighted by atomic mass is 9.88. The summed E-state index contributed by atoms with van der Waals surface area (Å²) in [5.74, 6) is 0.579. The van der Waals surface area contributed by atoms with Gasteiger partial charge in [-0.05, 0) is 30.2 Å². The standard InChI is InChI=1S/C23H25NO3/c1-23(26,16-20-13-8-14-27-20)17-24-22(25)15-21(18-9-4-2-5-10-18)19-11-6-3-7-12-19/h2-14,21,26H,15-17H2,1H3,(H,24,25). The molecule has 1 unspecified atom stereocenters. The number of amides is 1. The Labute approximate surface area is 159 Å². The molecular formula is C23H25NO3. The number of hydrogen-bond donors (Lipinski definition) is 2. The summed E-state index contributed by atoms with van der Waals surface area (Å²) in [7, 11) is 0. The lowest BCUT2D eigenvalue weighted by Gasteiger charge is -2.24. The Morgan fingerprint density at radius 2 is 1.59 bits per heavy atom. The maximum Gasteiger partial charge on any atom is 0.221 e. The molecule has 2 N–H and O–H groups in total. The van der Waals surface area contributed by atoms with Crippen molar-refractivity contribution in [2.45, 2.75) is 31.3 Å². The quantitative estimate of drug-likeness (QED) is 0.638. The molecule has 1 atom stereocenters. The SMILES string of the molecule is CC(O)(CNC(=O)CC(c1ccccc1)c1ccccc1)Cc1ccco1. The summed E-state index contributed by atoms with van der Waals surface area (Å²) in [5, 5.41) is 13.4. The molecule has 0 radical (unpaired) electrons. The summed E-state index contributed by atoms with van der Waals surface area (Å²) < 4.78 is 5.28. The van der Waals surface area contributed by atoms with Gasteiger partial charge in [0.25, 0.3) is 0 Å². The Bertz CT molecular complexity index is 787. The number of rotatable bonds is 8. The Balaban J connectivity index is 1.64. The van der Waals surface area contributed by atoms with Gasteiger partial charge in [0.15, 0.2) is 0 Å². The molecule has 0 bridgehead atoms. The molecule has 0 saturated heterocycles. The van der Waals surface area contributed by atoms with Crippen LogP contribution in [0.4, 0.5) is 0 Å². The molecule has 0 aliphatic carbocycles. The van der Waals surface area contributed by atoms with Crippen LogP contribution in [0.2, 0.25) is 0 Å². The fourth-order valence-electron chi connectivity index (χ4n) is 3.20. The zero-order chi connectivity index (χ0) is 19.1. The van der Waals surface area contributed by atoms with Gasteiger partial charge in [0.2, 0.25) is 5.91 Å². The van der Waals surface area contributed by atoms with E-state index in [-0.39, 0.29) is 18.4 Å². The summed E-state index contributed by atoms with van der Waals surface area (Å²) in [5.41, 5.74) is 1.13. The molecule has 0 fully saturated rings. The summed E-state index contributed by atoms with van der Waals surface area (Å²) >= 11 is 0. The van der Waals surface area contributed by atoms with Gasteiger partial charge in [0, 0.05) is 25.3 Å². The van der Waals surface area contributed by atoms with Crippen LogP contribution in [0.5, 0.6) is 0 Å². The van der Waals surface area contributed by atoms with Gasteiger partial charge in [-0.25, -0.2) is 0 Å². The minimum Gasteiger partial charge on any atom is -0.469 e. The molecule has 27 heavy (non-hydrogen) atoms. The highest BCUT2D eigenvalue weighted by Gasteiger charge is 2.24. The number of hydrogen-bond acceptors (Lipinski definition) is 3. The highest BCUT2D eigenvalue weighted by molar-refractivity contribution is 5.77. The molecule has 2 aromatic carbocycles. The normalized spacial score (nSPS) is 13.3. The Morgan fingerprint density at radius 1 is 1.00 bits per heavy atom. The largest absolute Gasteiger partial charge is 0.469 e. The first kappa shape index (κ1) is 18.9. The molecule has 0 saturated carbocycles. The van der Waals surface area contributed by atoms with Crippen LogP contribution in [0.3, 0.4) is 0 Å². The van der Waals surface area contributed by atoms with Crippen LogP contribution < -0.4 is 5.32 Å². The van der Waals surface area contributed by atoms with Gasteiger partial charge in [0.05, 0.1) is 11.9 Å². The van der Waals surface area contributed by atoms with Crippen molar-refractivity contribution in [3.8, 4) is 0 Å². The zero-order valence-corrected chi connectivity index (χ0v) is 15.5. The molecule has 1 amide bonds. The third-order valence-corrected chi connectivity index (χ3v) is 4.59. The molecular weight excluding hydrogens is 338 g/mol. The second-order valence-electron chi connectivity index (χ2n) is 7.11. The molecule has 4 nitrogen and oxygen atoms in total. The average Bonchev–Trinajstić information content (AvgIpc) is 3.18. The molecule has 1 aromatic heterocycles. The highest BCUT2D eigenvalue weighted by atomic mass is 16.3. The van der Waals surface area contributed by atoms with Crippen molar-refractivity contribution in [3.05, 3.63) is 95.9 Å². The average molecular weight is 363 g/mol. The van der Waals surface area contributed by atoms with Crippen LogP contribution in [-0.2, 0) is 11.2 Å². The molecule has 0 spiro atoms. The number of nitrogens with one attached hydrogen (secondary N) is 1. The van der Waals surface area contributed by atoms with Crippen molar-refractivity contribution in [1.82, 2.24) is 5.32 Å². The van der Waals surface area contributed by atoms with Crippen LogP contribution in [0.1, 0.15) is 36.1 Å². The van der Waals surface area contributed by atoms with Gasteiger partial charge in [-0.3, -0.25) is 4.79 Å². The molecule has 0 aliphatic heterocycles. The van der Waals surface area contributed by atoms with Crippen molar-refractivity contribution in [2.24, 2.45) is 0 Å². The maximum absolute atomic E-state index is 12.6. The van der Waals surface area contributed by atoms with Crippen LogP contribution >= 0.6 is 0 Å². The fraction of sp³-hybridized carbons (Fsp3) is 0.261. The summed E-state index contributed by atoms with van der Waals surface area (Å²) in [6, 6.07) is 23.6. The lowest BCUT2D eigenvalue weighted by Crippen LogP contribution is -2.42. The van der Waals surface area contributed by atoms with E-state index in [1.807, 2.05) is 66.7 Å². The van der Waals surface area contributed by atoms with E-state index in [9.17, 15) is 9.90 Å². The lowest BCUT2D eigenvalue weighted by molar-refractivity contribution is -0.122. The molecule has 0 aliphatic rings. The highest BCUT2D eigenvalue weighted by Crippen LogP contribution is 2.27. The van der Waals surface area contributed by atoms with E-state index in [2.05, 4.69) is 5.32 Å². The zero-order valence-electron chi connectivity index (χ0n) is 15.5. The number of carbonyl (C=O) groups is 1. The van der Waals surface area contributed by atoms with Gasteiger partial charge in [-0.2, -0.15) is 0 Å². The van der Waals surface area contributed by atoms with Crippen molar-refractivity contribution in [3.63, 3.8) is 0 Å². The van der Waals surface area contributed by atoms with Crippen LogP contribution in [0.15, 0.2) is 83.5 Å². The number of aliphatic hydroxyl groups is 1. The molecule has 1 heterocycles. The van der Waals surface area contributed by atoms with Gasteiger partial charge in [-0.1, -0.05) is 60.7 Å². The predicted octanol–water partition coefficient (Wildman–Crippen LogP) is 3.91. The van der Waals surface area contributed by atoms with Crippen LogP contribution in [-0.4, -0.2) is 23.2 Å². The van der Waals surface area contributed by atoms with E-state index in [4.69, 9.17) is 4.42 Å². The van der Waals surface area contributed by atoms with E-state index < -0.39 is 5.60 Å². The third-order valence-electron chi connectivity index (χ3n) is 4.59. The van der Waals surface area contributed by atoms with Crippen molar-refractivity contribution >= 4 is 5.91 Å². The Hall–Kier alpha value is -2.85. The van der Waals surface area contributed by atoms with Crippen LogP contribution in [0.25, 0.3) is 0 Å². The molecule has 4 heteroatoms. The van der Waals surface area contributed by atoms with E-state index >= 15 is 0 Å². The van der Waals surface area contributed by atoms with Crippen molar-refractivity contribution in [2.75, 3.05) is 6.54 Å². The van der Waals surface area contributed by atoms with E-state index in [1.165, 1.54) is 0 Å². The van der Waals surface area contributed by atoms with Crippen molar-refractivity contribution in [1.29, 1.82) is 0 Å². The Kier molecular flexibility index (Phi) is 6.09. The number of carbonyl (C=O) groups excluding carboxylic acids is 1. The van der Waals surface area contributed by atoms with Crippen LogP contribution in [0, 0.1) is 0 Å². The van der Waals surface area contributed by atoms with Crippen molar-refractivity contribution < 1.29 is 14.3 Å². The predicted molar refractivity (Wildman–Crippen MR) is 105 cm³/mol. The summed E-state index contributed by atoms with van der Waals surface area (Å²) in [6.45, 7) is 1.87. The second-order valence-corrected chi connectivity index (χ2v) is 7.11. The topological polar surface area (TPSA) is 62.5 Å². The summed E-state index contributed by atoms with van der Waals surface area (Å²) in [4.78, 5) is 12.6. The van der Waals surface area contributed by atoms with E-state index in [1.54, 1.807) is 19.3 Å². The first-order valence-corrected chi connectivity index (χ1v) is 9.15. The third kappa shape index (κ3) is 5.56. The van der Waals surface area contributed by atoms with Gasteiger partial charge >= 0.3 is 0 Å². The summed E-state index contributed by atoms with van der Waals surface area (Å²) in [6.07, 6.45) is 2.25. The number of benzene rings is 2. The minimum absolute atomic E-state index is 0.0255. The monoisotopic (exact) mass is 363 g/mol. The Morgan fingerprint density at radius 3 is 2.11 bits per heavy atom. The number of furan rings is 1. The van der Waals surface area contributed by atoms with Gasteiger partial charge in [0.1, 0.15) is 5.76 Å². The first-order chi connectivity index (χ1) is 13.0. The maximum atomic E-state index is 12.6. The molecule has 3 rings (SSSR count). The van der Waals surface area contributed by atoms with E-state index in [0.29, 0.717) is 18.6 Å². The van der Waals surface area contributed by atoms with Gasteiger partial charge in [-0.15, -0.1) is 0 Å². The minimum atomic E-state index is -1.07. The molecule has 140 valence electrons. The second kappa shape index (κ2) is 8.69. The fourth-order valence-corrected chi connectivity index (χ4v) is 3.20. The van der Waals surface area contributed by atoms with E-state index in [0.717, 1.165) is 11.1 Å². The first-order valence-electron chi connectivity index (χ1n) is 9.15.